The molecule has 3 rings (SSSR count). The Bertz CT molecular complexity index is 1370. The van der Waals surface area contributed by atoms with E-state index in [-0.39, 0.29) is 30.3 Å². The fraction of sp³-hybridized carbons (Fsp3) is 0.538. The summed E-state index contributed by atoms with van der Waals surface area (Å²) < 4.78 is 88.5. The standard InChI is InChI=1S/C26H32ClF4N3O7S/c1-13(35)10-40-20-16(28)7-14(8-17(20)39-6)22(36)32-11-25(37,26(29,30)31)18-9-15-19(21(27)33-18)41-12-24(15,5)34-42(38)23(2,3)4/h7-9,13,34-35,37H,10-12H2,1-6H3,(H,32,36)/t13-,24-,25?,42?/m1/s1. The van der Waals surface area contributed by atoms with Gasteiger partial charge in [0, 0.05) is 11.1 Å². The average molecular weight is 642 g/mol. The number of aliphatic hydroxyl groups excluding tert-OH is 1. The molecule has 16 heteroatoms. The SMILES string of the molecule is COc1cc(C(=O)NCC(O)(c2cc3c(c(Cl)n2)OC[C@@]3(C)NS(=O)C(C)(C)C)C(F)(F)F)cc(F)c1OC[C@@H](C)O. The molecule has 1 aromatic heterocycles. The molecule has 1 amide bonds. The van der Waals surface area contributed by atoms with E-state index in [1.54, 1.807) is 27.7 Å². The number of hydrogen-bond acceptors (Lipinski definition) is 8. The van der Waals surface area contributed by atoms with E-state index in [4.69, 9.17) is 25.8 Å². The molecular formula is C26H32ClF4N3O7S. The van der Waals surface area contributed by atoms with Gasteiger partial charge in [0.25, 0.3) is 5.91 Å². The summed E-state index contributed by atoms with van der Waals surface area (Å²) in [6.45, 7) is 6.18. The number of fused-ring (bicyclic) bond motifs is 1. The fourth-order valence-electron chi connectivity index (χ4n) is 3.84. The molecule has 0 saturated heterocycles. The zero-order chi connectivity index (χ0) is 31.8. The molecule has 0 bridgehead atoms. The van der Waals surface area contributed by atoms with Crippen LogP contribution in [0.2, 0.25) is 5.15 Å². The third kappa shape index (κ3) is 6.91. The van der Waals surface area contributed by atoms with Crippen molar-refractivity contribution >= 4 is 28.5 Å². The molecule has 1 aromatic carbocycles. The minimum Gasteiger partial charge on any atom is -0.493 e. The molecule has 0 saturated carbocycles. The maximum atomic E-state index is 14.7. The number of nitrogens with zero attached hydrogens (tertiary/aromatic N) is 1. The van der Waals surface area contributed by atoms with Crippen molar-refractivity contribution in [3.63, 3.8) is 0 Å². The highest BCUT2D eigenvalue weighted by Gasteiger charge is 2.57. The van der Waals surface area contributed by atoms with Crippen LogP contribution in [0, 0.1) is 5.82 Å². The van der Waals surface area contributed by atoms with Gasteiger partial charge < -0.3 is 29.7 Å². The highest BCUT2D eigenvalue weighted by molar-refractivity contribution is 7.84. The second-order valence-electron chi connectivity index (χ2n) is 11.0. The Kier molecular flexibility index (Phi) is 9.74. The smallest absolute Gasteiger partial charge is 0.424 e. The summed E-state index contributed by atoms with van der Waals surface area (Å²) in [5.74, 6) is -2.96. The Labute approximate surface area is 247 Å². The van der Waals surface area contributed by atoms with Crippen molar-refractivity contribution in [2.75, 3.05) is 26.9 Å². The summed E-state index contributed by atoms with van der Waals surface area (Å²) in [4.78, 5) is 16.5. The lowest BCUT2D eigenvalue weighted by Crippen LogP contribution is -2.52. The van der Waals surface area contributed by atoms with Crippen LogP contribution in [0.1, 0.15) is 56.2 Å². The Morgan fingerprint density at radius 1 is 1.29 bits per heavy atom. The number of halogens is 5. The van der Waals surface area contributed by atoms with Gasteiger partial charge in [0.15, 0.2) is 28.2 Å². The summed E-state index contributed by atoms with van der Waals surface area (Å²) in [5.41, 5.74) is -6.34. The molecule has 0 radical (unpaired) electrons. The van der Waals surface area contributed by atoms with Gasteiger partial charge in [-0.1, -0.05) is 11.6 Å². The van der Waals surface area contributed by atoms with Crippen LogP contribution >= 0.6 is 11.6 Å². The topological polar surface area (TPSA) is 139 Å². The van der Waals surface area contributed by atoms with Crippen molar-refractivity contribution in [1.29, 1.82) is 0 Å². The molecule has 0 aliphatic carbocycles. The van der Waals surface area contributed by atoms with Crippen LogP contribution in [0.5, 0.6) is 17.2 Å². The van der Waals surface area contributed by atoms with Gasteiger partial charge >= 0.3 is 6.18 Å². The average Bonchev–Trinajstić information content (AvgIpc) is 3.20. The first-order chi connectivity index (χ1) is 19.2. The second-order valence-corrected chi connectivity index (χ2v) is 13.3. The number of aromatic nitrogens is 1. The highest BCUT2D eigenvalue weighted by atomic mass is 35.5. The van der Waals surface area contributed by atoms with Gasteiger partial charge in [-0.2, -0.15) is 13.2 Å². The number of carbonyl (C=O) groups is 1. The van der Waals surface area contributed by atoms with Crippen LogP contribution in [-0.4, -0.2) is 69.2 Å². The maximum Gasteiger partial charge on any atom is 0.424 e. The number of nitrogens with one attached hydrogen (secondary N) is 2. The lowest BCUT2D eigenvalue weighted by molar-refractivity contribution is -0.265. The first-order valence-corrected chi connectivity index (χ1v) is 14.1. The van der Waals surface area contributed by atoms with E-state index in [1.165, 1.54) is 6.92 Å². The summed E-state index contributed by atoms with van der Waals surface area (Å²) in [6.07, 6.45) is -6.32. The lowest BCUT2D eigenvalue weighted by Gasteiger charge is -2.32. The number of rotatable bonds is 10. The number of hydrogen-bond donors (Lipinski definition) is 4. The molecule has 234 valence electrons. The summed E-state index contributed by atoms with van der Waals surface area (Å²) in [5, 5.41) is 21.8. The molecule has 1 aliphatic heterocycles. The van der Waals surface area contributed by atoms with Gasteiger partial charge in [0.2, 0.25) is 5.60 Å². The van der Waals surface area contributed by atoms with Gasteiger partial charge in [0.05, 0.1) is 46.7 Å². The Hall–Kier alpha value is -2.72. The zero-order valence-corrected chi connectivity index (χ0v) is 25.2. The number of carbonyl (C=O) groups excluding carboxylic acids is 1. The number of alkyl halides is 3. The quantitative estimate of drug-likeness (QED) is 0.229. The maximum absolute atomic E-state index is 14.7. The molecule has 2 heterocycles. The van der Waals surface area contributed by atoms with E-state index in [0.29, 0.717) is 6.07 Å². The van der Waals surface area contributed by atoms with E-state index in [1.807, 2.05) is 5.32 Å². The Balaban J connectivity index is 1.95. The highest BCUT2D eigenvalue weighted by Crippen LogP contribution is 2.46. The van der Waals surface area contributed by atoms with Crippen LogP contribution in [0.25, 0.3) is 0 Å². The summed E-state index contributed by atoms with van der Waals surface area (Å²) in [6, 6.07) is 2.66. The van der Waals surface area contributed by atoms with E-state index >= 15 is 0 Å². The Morgan fingerprint density at radius 3 is 2.48 bits per heavy atom. The summed E-state index contributed by atoms with van der Waals surface area (Å²) >= 11 is 6.17. The molecule has 0 spiro atoms. The van der Waals surface area contributed by atoms with Crippen molar-refractivity contribution in [3.8, 4) is 17.2 Å². The van der Waals surface area contributed by atoms with Gasteiger partial charge in [-0.05, 0) is 52.8 Å². The number of benzene rings is 1. The number of methoxy groups -OCH3 is 1. The minimum atomic E-state index is -5.37. The van der Waals surface area contributed by atoms with E-state index in [9.17, 15) is 36.8 Å². The predicted molar refractivity (Wildman–Crippen MR) is 146 cm³/mol. The van der Waals surface area contributed by atoms with Crippen molar-refractivity contribution in [3.05, 3.63) is 46.0 Å². The van der Waals surface area contributed by atoms with E-state index < -0.39 is 79.6 Å². The van der Waals surface area contributed by atoms with E-state index in [0.717, 1.165) is 19.2 Å². The van der Waals surface area contributed by atoms with Crippen LogP contribution in [-0.2, 0) is 22.1 Å². The molecule has 10 nitrogen and oxygen atoms in total. The number of aliphatic hydroxyl groups is 2. The zero-order valence-electron chi connectivity index (χ0n) is 23.6. The van der Waals surface area contributed by atoms with Crippen molar-refractivity contribution < 1.29 is 51.0 Å². The molecule has 0 fully saturated rings. The van der Waals surface area contributed by atoms with Gasteiger partial charge in [-0.25, -0.2) is 18.3 Å². The molecule has 42 heavy (non-hydrogen) atoms. The van der Waals surface area contributed by atoms with E-state index in [2.05, 4.69) is 9.71 Å². The fourth-order valence-corrected chi connectivity index (χ4v) is 4.97. The van der Waals surface area contributed by atoms with Crippen LogP contribution in [0.3, 0.4) is 0 Å². The third-order valence-corrected chi connectivity index (χ3v) is 8.27. The number of amides is 1. The van der Waals surface area contributed by atoms with Crippen LogP contribution < -0.4 is 24.2 Å². The molecule has 1 aliphatic rings. The largest absolute Gasteiger partial charge is 0.493 e. The third-order valence-electron chi connectivity index (χ3n) is 6.26. The van der Waals surface area contributed by atoms with Crippen molar-refractivity contribution in [1.82, 2.24) is 15.0 Å². The number of ether oxygens (including phenoxy) is 3. The first-order valence-electron chi connectivity index (χ1n) is 12.5. The van der Waals surface area contributed by atoms with Gasteiger partial charge in [-0.3, -0.25) is 4.79 Å². The normalized spacial score (nSPS) is 19.7. The molecule has 4 N–H and O–H groups in total. The first kappa shape index (κ1) is 33.8. The van der Waals surface area contributed by atoms with Gasteiger partial charge in [-0.15, -0.1) is 0 Å². The van der Waals surface area contributed by atoms with Crippen LogP contribution in [0.15, 0.2) is 18.2 Å². The predicted octanol–water partition coefficient (Wildman–Crippen LogP) is 3.48. The monoisotopic (exact) mass is 641 g/mol. The molecule has 2 unspecified atom stereocenters. The lowest BCUT2D eigenvalue weighted by atomic mass is 9.91. The van der Waals surface area contributed by atoms with Crippen molar-refractivity contribution in [2.24, 2.45) is 0 Å². The Morgan fingerprint density at radius 2 is 1.93 bits per heavy atom. The second kappa shape index (κ2) is 12.1. The molecule has 4 atom stereocenters. The molecular weight excluding hydrogens is 610 g/mol. The molecule has 2 aromatic rings. The van der Waals surface area contributed by atoms with Crippen LogP contribution in [0.4, 0.5) is 17.6 Å². The van der Waals surface area contributed by atoms with Crippen molar-refractivity contribution in [2.45, 2.75) is 62.8 Å². The van der Waals surface area contributed by atoms with Gasteiger partial charge in [0.1, 0.15) is 13.2 Å². The number of pyridine rings is 1. The minimum absolute atomic E-state index is 0.0460. The summed E-state index contributed by atoms with van der Waals surface area (Å²) in [7, 11) is -0.511.